The molecule has 1 aromatic carbocycles. The Labute approximate surface area is 165 Å². The number of nitrogens with two attached hydrogens (primary N) is 1. The van der Waals surface area contributed by atoms with Crippen molar-refractivity contribution in [3.05, 3.63) is 53.6 Å². The highest BCUT2D eigenvalue weighted by atomic mass is 32.2. The number of aliphatic imine (C=N–C) groups is 1. The van der Waals surface area contributed by atoms with Crippen LogP contribution >= 0.6 is 0 Å². The zero-order valence-electron chi connectivity index (χ0n) is 17.5. The molecule has 1 amide bonds. The van der Waals surface area contributed by atoms with E-state index in [1.807, 2.05) is 0 Å². The topological polar surface area (TPSA) is 138 Å². The predicted molar refractivity (Wildman–Crippen MR) is 101 cm³/mol. The number of amides is 1. The smallest absolute Gasteiger partial charge is 0.274 e. The number of rotatable bonds is 3. The minimum absolute atomic E-state index is 0.0225. The number of anilines is 1. The van der Waals surface area contributed by atoms with Crippen LogP contribution in [0.25, 0.3) is 0 Å². The molecule has 11 heteroatoms. The molecule has 1 atom stereocenters. The van der Waals surface area contributed by atoms with E-state index in [1.165, 1.54) is 31.2 Å². The van der Waals surface area contributed by atoms with E-state index in [1.54, 1.807) is 0 Å². The van der Waals surface area contributed by atoms with E-state index < -0.39 is 46.0 Å². The number of halogens is 1. The number of nitrogens with zero attached hydrogens (tertiary/aromatic N) is 3. The van der Waals surface area contributed by atoms with Crippen LogP contribution in [0.3, 0.4) is 0 Å². The number of aromatic nitrogens is 1. The summed E-state index contributed by atoms with van der Waals surface area (Å²) < 4.78 is 62.0. The van der Waals surface area contributed by atoms with Crippen molar-refractivity contribution in [2.45, 2.75) is 12.5 Å². The van der Waals surface area contributed by atoms with Gasteiger partial charge in [-0.2, -0.15) is 0 Å². The number of aromatic hydroxyl groups is 1. The average molecular weight is 410 g/mol. The number of carbonyl (C=O) groups excluding carboxylic acids is 1. The first-order valence-corrected chi connectivity index (χ1v) is 9.49. The molecular formula is C17H18FN5O4S. The summed E-state index contributed by atoms with van der Waals surface area (Å²) in [6, 6.07) is 5.98. The van der Waals surface area contributed by atoms with Gasteiger partial charge in [-0.15, -0.1) is 0 Å². The molecule has 1 aromatic heterocycles. The molecule has 0 bridgehead atoms. The first-order valence-electron chi connectivity index (χ1n) is 9.38. The van der Waals surface area contributed by atoms with Crippen molar-refractivity contribution in [3.63, 3.8) is 0 Å². The van der Waals surface area contributed by atoms with Crippen LogP contribution < -0.4 is 11.1 Å². The largest absolute Gasteiger partial charge is 0.506 e. The fourth-order valence-electron chi connectivity index (χ4n) is 2.76. The van der Waals surface area contributed by atoms with Gasteiger partial charge in [0.25, 0.3) is 5.91 Å². The number of guanidine groups is 1. The van der Waals surface area contributed by atoms with Crippen LogP contribution in [0, 0.1) is 5.82 Å². The Kier molecular flexibility index (Phi) is 3.81. The van der Waals surface area contributed by atoms with E-state index in [-0.39, 0.29) is 27.0 Å². The maximum absolute atomic E-state index is 14.6. The SMILES string of the molecule is [2H]C([2H])([2H])N1C(N)=N[C@](C)(c2cc(NC(=O)c3ccc(O)cn3)ccc2F)CS1(=O)=O. The summed E-state index contributed by atoms with van der Waals surface area (Å²) >= 11 is 0. The maximum Gasteiger partial charge on any atom is 0.274 e. The van der Waals surface area contributed by atoms with Crippen molar-refractivity contribution in [3.8, 4) is 5.75 Å². The van der Waals surface area contributed by atoms with E-state index in [2.05, 4.69) is 15.3 Å². The van der Waals surface area contributed by atoms with E-state index in [4.69, 9.17) is 9.85 Å². The number of hydrogen-bond donors (Lipinski definition) is 3. The lowest BCUT2D eigenvalue weighted by Crippen LogP contribution is -2.50. The summed E-state index contributed by atoms with van der Waals surface area (Å²) in [5.74, 6) is -3.26. The molecule has 0 saturated carbocycles. The minimum atomic E-state index is -4.46. The molecule has 4 N–H and O–H groups in total. The average Bonchev–Trinajstić information content (AvgIpc) is 2.60. The quantitative estimate of drug-likeness (QED) is 0.690. The molecule has 2 aromatic rings. The monoisotopic (exact) mass is 410 g/mol. The molecule has 148 valence electrons. The summed E-state index contributed by atoms with van der Waals surface area (Å²) in [4.78, 5) is 20.1. The third-order valence-electron chi connectivity index (χ3n) is 4.10. The van der Waals surface area contributed by atoms with Gasteiger partial charge in [0.2, 0.25) is 16.0 Å². The van der Waals surface area contributed by atoms with Gasteiger partial charge in [0, 0.05) is 22.3 Å². The third kappa shape index (κ3) is 3.60. The van der Waals surface area contributed by atoms with E-state index in [9.17, 15) is 22.7 Å². The summed E-state index contributed by atoms with van der Waals surface area (Å²) in [5.41, 5.74) is 3.77. The molecule has 28 heavy (non-hydrogen) atoms. The van der Waals surface area contributed by atoms with Crippen LogP contribution in [0.2, 0.25) is 0 Å². The number of benzene rings is 1. The minimum Gasteiger partial charge on any atom is -0.506 e. The zero-order valence-corrected chi connectivity index (χ0v) is 15.4. The van der Waals surface area contributed by atoms with Gasteiger partial charge in [-0.05, 0) is 37.3 Å². The predicted octanol–water partition coefficient (Wildman–Crippen LogP) is 0.984. The van der Waals surface area contributed by atoms with Gasteiger partial charge in [0.1, 0.15) is 22.8 Å². The highest BCUT2D eigenvalue weighted by Gasteiger charge is 2.41. The molecular weight excluding hydrogens is 389 g/mol. The highest BCUT2D eigenvalue weighted by Crippen LogP contribution is 2.34. The fraction of sp³-hybridized carbons (Fsp3) is 0.235. The van der Waals surface area contributed by atoms with Crippen LogP contribution in [0.5, 0.6) is 5.75 Å². The van der Waals surface area contributed by atoms with Crippen molar-refractivity contribution in [1.29, 1.82) is 0 Å². The van der Waals surface area contributed by atoms with Crippen molar-refractivity contribution in [2.24, 2.45) is 10.7 Å². The number of nitrogens with one attached hydrogen (secondary N) is 1. The van der Waals surface area contributed by atoms with Gasteiger partial charge in [0.15, 0.2) is 0 Å². The molecule has 0 unspecified atom stereocenters. The zero-order chi connectivity index (χ0) is 23.2. The lowest BCUT2D eigenvalue weighted by Gasteiger charge is -2.34. The van der Waals surface area contributed by atoms with Crippen molar-refractivity contribution in [1.82, 2.24) is 9.29 Å². The van der Waals surface area contributed by atoms with Gasteiger partial charge in [0.05, 0.1) is 11.9 Å². The Bertz CT molecular complexity index is 1170. The molecule has 0 spiro atoms. The Morgan fingerprint density at radius 3 is 2.79 bits per heavy atom. The van der Waals surface area contributed by atoms with Crippen LogP contribution in [-0.2, 0) is 15.6 Å². The summed E-state index contributed by atoms with van der Waals surface area (Å²) in [6.45, 7) is -1.79. The molecule has 0 fully saturated rings. The van der Waals surface area contributed by atoms with Crippen LogP contribution in [0.4, 0.5) is 10.1 Å². The van der Waals surface area contributed by atoms with Crippen LogP contribution in [0.15, 0.2) is 41.5 Å². The Morgan fingerprint density at radius 2 is 2.18 bits per heavy atom. The van der Waals surface area contributed by atoms with Gasteiger partial charge in [-0.3, -0.25) is 4.79 Å². The second-order valence-corrected chi connectivity index (χ2v) is 8.13. The van der Waals surface area contributed by atoms with Gasteiger partial charge in [-0.25, -0.2) is 27.1 Å². The lowest BCUT2D eigenvalue weighted by atomic mass is 9.93. The highest BCUT2D eigenvalue weighted by molar-refractivity contribution is 7.89. The second kappa shape index (κ2) is 6.75. The molecule has 1 aliphatic heterocycles. The molecule has 3 rings (SSSR count). The first kappa shape index (κ1) is 15.8. The lowest BCUT2D eigenvalue weighted by molar-refractivity contribution is 0.102. The fourth-order valence-corrected chi connectivity index (χ4v) is 4.15. The van der Waals surface area contributed by atoms with E-state index in [0.717, 1.165) is 12.3 Å². The third-order valence-corrected chi connectivity index (χ3v) is 5.77. The van der Waals surface area contributed by atoms with E-state index >= 15 is 0 Å². The molecule has 0 radical (unpaired) electrons. The first-order chi connectivity index (χ1) is 14.2. The van der Waals surface area contributed by atoms with Gasteiger partial charge < -0.3 is 16.2 Å². The Morgan fingerprint density at radius 1 is 1.43 bits per heavy atom. The van der Waals surface area contributed by atoms with Gasteiger partial charge >= 0.3 is 0 Å². The maximum atomic E-state index is 14.6. The van der Waals surface area contributed by atoms with Crippen LogP contribution in [0.1, 0.15) is 27.1 Å². The Balaban J connectivity index is 1.99. The molecule has 1 aliphatic rings. The standard InChI is InChI=1S/C17H18FN5O4S/c1-17(9-28(26,27)23(2)16(19)22-17)12-7-10(3-5-13(12)18)21-15(25)14-6-4-11(24)8-20-14/h3-8,24H,9H2,1-2H3,(H2,19,22)(H,21,25)/t17-/m0/s1/i2D3. The molecule has 0 aliphatic carbocycles. The van der Waals surface area contributed by atoms with E-state index in [0.29, 0.717) is 0 Å². The number of sulfonamides is 1. The normalized spacial score (nSPS) is 23.1. The van der Waals surface area contributed by atoms with Crippen molar-refractivity contribution >= 4 is 27.6 Å². The summed E-state index contributed by atoms with van der Waals surface area (Å²) in [7, 11) is -4.46. The number of pyridine rings is 1. The summed E-state index contributed by atoms with van der Waals surface area (Å²) in [5, 5.41) is 11.7. The summed E-state index contributed by atoms with van der Waals surface area (Å²) in [6.07, 6.45) is 1.08. The second-order valence-electron chi connectivity index (χ2n) is 6.31. The van der Waals surface area contributed by atoms with Crippen molar-refractivity contribution in [2.75, 3.05) is 18.0 Å². The number of carbonyl (C=O) groups is 1. The Hall–Kier alpha value is -3.21. The van der Waals surface area contributed by atoms with Crippen molar-refractivity contribution < 1.29 is 26.8 Å². The van der Waals surface area contributed by atoms with Gasteiger partial charge in [-0.1, -0.05) is 0 Å². The molecule has 2 heterocycles. The molecule has 0 saturated heterocycles. The number of hydrogen-bond acceptors (Lipinski definition) is 7. The van der Waals surface area contributed by atoms with Crippen LogP contribution in [-0.4, -0.2) is 47.4 Å². The molecule has 9 nitrogen and oxygen atoms in total.